The maximum Gasteiger partial charge on any atom is 0.343 e. The molecule has 31 heavy (non-hydrogen) atoms. The van der Waals surface area contributed by atoms with Crippen molar-refractivity contribution in [2.24, 2.45) is 0 Å². The lowest BCUT2D eigenvalue weighted by atomic mass is 9.83. The summed E-state index contributed by atoms with van der Waals surface area (Å²) in [6.45, 7) is 2.76. The van der Waals surface area contributed by atoms with Crippen LogP contribution in [0.1, 0.15) is 28.2 Å². The van der Waals surface area contributed by atoms with Crippen LogP contribution in [-0.4, -0.2) is 44.5 Å². The lowest BCUT2D eigenvalue weighted by Gasteiger charge is -2.32. The van der Waals surface area contributed by atoms with Crippen LogP contribution in [0.15, 0.2) is 51.2 Å². The second kappa shape index (κ2) is 7.73. The van der Waals surface area contributed by atoms with E-state index >= 15 is 0 Å². The fraction of sp³-hybridized carbons (Fsp3) is 0.261. The number of rotatable bonds is 4. The van der Waals surface area contributed by atoms with Crippen molar-refractivity contribution >= 4 is 16.7 Å². The second-order valence-electron chi connectivity index (χ2n) is 7.65. The van der Waals surface area contributed by atoms with Gasteiger partial charge in [0, 0.05) is 0 Å². The molecule has 5 N–H and O–H groups in total. The minimum absolute atomic E-state index is 0.133. The maximum absolute atomic E-state index is 12.8. The van der Waals surface area contributed by atoms with E-state index in [1.54, 1.807) is 44.2 Å². The predicted molar refractivity (Wildman–Crippen MR) is 112 cm³/mol. The Bertz CT molecular complexity index is 1260. The van der Waals surface area contributed by atoms with Gasteiger partial charge in [-0.2, -0.15) is 0 Å². The maximum atomic E-state index is 12.8. The average molecular weight is 426 g/mol. The average Bonchev–Trinajstić information content (AvgIpc) is 2.73. The summed E-state index contributed by atoms with van der Waals surface area (Å²) in [4.78, 5) is 12.8. The molecule has 0 bridgehead atoms. The first-order chi connectivity index (χ1) is 14.7. The topological polar surface area (TPSA) is 141 Å². The predicted octanol–water partition coefficient (Wildman–Crippen LogP) is 2.23. The fourth-order valence-corrected chi connectivity index (χ4v) is 3.94. The Morgan fingerprint density at radius 2 is 1.74 bits per heavy atom. The zero-order valence-corrected chi connectivity index (χ0v) is 16.9. The number of benzene rings is 2. The van der Waals surface area contributed by atoms with Gasteiger partial charge in [-0.3, -0.25) is 0 Å². The monoisotopic (exact) mass is 426 g/mol. The Labute approximate surface area is 176 Å². The van der Waals surface area contributed by atoms with Crippen molar-refractivity contribution in [3.05, 3.63) is 74.6 Å². The summed E-state index contributed by atoms with van der Waals surface area (Å²) in [5, 5.41) is 53.0. The first kappa shape index (κ1) is 20.9. The molecule has 8 heteroatoms. The summed E-state index contributed by atoms with van der Waals surface area (Å²) in [5.74, 6) is -2.19. The highest BCUT2D eigenvalue weighted by molar-refractivity contribution is 5.85. The first-order valence-corrected chi connectivity index (χ1v) is 9.67. The molecule has 2 aromatic carbocycles. The molecule has 162 valence electrons. The normalized spacial score (nSPS) is 17.9. The molecule has 0 radical (unpaired) electrons. The van der Waals surface area contributed by atoms with Crippen molar-refractivity contribution in [3.63, 3.8) is 0 Å². The van der Waals surface area contributed by atoms with E-state index in [4.69, 9.17) is 9.15 Å². The minimum atomic E-state index is -1.74. The third-order valence-electron chi connectivity index (χ3n) is 5.45. The molecule has 1 aliphatic rings. The molecule has 3 unspecified atom stereocenters. The second-order valence-corrected chi connectivity index (χ2v) is 7.65. The highest BCUT2D eigenvalue weighted by atomic mass is 16.6. The van der Waals surface area contributed by atoms with Crippen LogP contribution in [0.3, 0.4) is 0 Å². The third-order valence-corrected chi connectivity index (χ3v) is 5.45. The van der Waals surface area contributed by atoms with Gasteiger partial charge < -0.3 is 34.7 Å². The highest BCUT2D eigenvalue weighted by Crippen LogP contribution is 2.44. The molecule has 0 aliphatic carbocycles. The van der Waals surface area contributed by atoms with Crippen molar-refractivity contribution in [1.29, 1.82) is 0 Å². The molecule has 8 nitrogen and oxygen atoms in total. The van der Waals surface area contributed by atoms with Crippen LogP contribution in [0.2, 0.25) is 0 Å². The molecule has 0 spiro atoms. The zero-order chi connectivity index (χ0) is 22.4. The van der Waals surface area contributed by atoms with Gasteiger partial charge in [0.15, 0.2) is 0 Å². The number of aryl methyl sites for hydroxylation is 2. The van der Waals surface area contributed by atoms with E-state index < -0.39 is 47.6 Å². The minimum Gasteiger partial charge on any atom is -0.507 e. The van der Waals surface area contributed by atoms with Gasteiger partial charge in [0.1, 0.15) is 22.8 Å². The number of ether oxygens (including phenoxy) is 1. The van der Waals surface area contributed by atoms with Crippen LogP contribution >= 0.6 is 0 Å². The number of aliphatic hydroxyl groups excluding tert-OH is 4. The fourth-order valence-electron chi connectivity index (χ4n) is 3.94. The molecule has 0 fully saturated rings. The quantitative estimate of drug-likeness (QED) is 0.400. The lowest BCUT2D eigenvalue weighted by Crippen LogP contribution is -2.36. The SMILES string of the molecule is Cc1ccc2c(c1)C(O)=C(C(c1c(O)c3cc(C)ccc3oc1=O)C(O)CO)C(O)O2. The van der Waals surface area contributed by atoms with E-state index in [1.165, 1.54) is 6.07 Å². The Morgan fingerprint density at radius 3 is 2.45 bits per heavy atom. The summed E-state index contributed by atoms with van der Waals surface area (Å²) >= 11 is 0. The number of hydrogen-bond donors (Lipinski definition) is 5. The largest absolute Gasteiger partial charge is 0.507 e. The molecule has 0 saturated carbocycles. The summed E-state index contributed by atoms with van der Waals surface area (Å²) in [6, 6.07) is 9.75. The van der Waals surface area contributed by atoms with Gasteiger partial charge in [-0.1, -0.05) is 23.3 Å². The molecule has 1 aromatic heterocycles. The number of hydrogen-bond acceptors (Lipinski definition) is 8. The molecule has 4 rings (SSSR count). The molecule has 0 amide bonds. The number of aromatic hydroxyl groups is 1. The first-order valence-electron chi connectivity index (χ1n) is 9.67. The molecular formula is C23H22O8. The summed E-state index contributed by atoms with van der Waals surface area (Å²) in [5.41, 5.74) is 0.314. The van der Waals surface area contributed by atoms with E-state index in [0.29, 0.717) is 0 Å². The van der Waals surface area contributed by atoms with Crippen LogP contribution in [0.25, 0.3) is 16.7 Å². The summed E-state index contributed by atoms with van der Waals surface area (Å²) in [7, 11) is 0. The van der Waals surface area contributed by atoms with Gasteiger partial charge in [0.25, 0.3) is 0 Å². The van der Waals surface area contributed by atoms with Crippen LogP contribution in [-0.2, 0) is 0 Å². The van der Waals surface area contributed by atoms with Gasteiger partial charge in [0.2, 0.25) is 6.29 Å². The molecule has 2 heterocycles. The Morgan fingerprint density at radius 1 is 1.06 bits per heavy atom. The van der Waals surface area contributed by atoms with E-state index in [9.17, 15) is 30.3 Å². The highest BCUT2D eigenvalue weighted by Gasteiger charge is 2.40. The zero-order valence-electron chi connectivity index (χ0n) is 16.9. The van der Waals surface area contributed by atoms with Crippen molar-refractivity contribution in [2.45, 2.75) is 32.2 Å². The Balaban J connectivity index is 2.02. The standard InChI is InChI=1S/C23H22O8/c1-10-3-5-15-12(7-10)20(26)18(22(28)30-15)17(14(25)9-24)19-21(27)13-8-11(2)4-6-16(13)31-23(19)29/h3-8,14,17,22,24-28H,9H2,1-2H3. The molecule has 3 aromatic rings. The van der Waals surface area contributed by atoms with Crippen molar-refractivity contribution in [2.75, 3.05) is 6.61 Å². The Hall–Kier alpha value is -3.33. The van der Waals surface area contributed by atoms with Crippen molar-refractivity contribution in [1.82, 2.24) is 0 Å². The van der Waals surface area contributed by atoms with E-state index in [-0.39, 0.29) is 27.9 Å². The van der Waals surface area contributed by atoms with Gasteiger partial charge >= 0.3 is 5.63 Å². The van der Waals surface area contributed by atoms with E-state index in [1.807, 2.05) is 0 Å². The number of fused-ring (bicyclic) bond motifs is 2. The van der Waals surface area contributed by atoms with Crippen LogP contribution < -0.4 is 10.4 Å². The van der Waals surface area contributed by atoms with Crippen LogP contribution in [0.4, 0.5) is 0 Å². The summed E-state index contributed by atoms with van der Waals surface area (Å²) in [6.07, 6.45) is -3.40. The molecule has 0 saturated heterocycles. The third kappa shape index (κ3) is 3.44. The van der Waals surface area contributed by atoms with E-state index in [2.05, 4.69) is 0 Å². The van der Waals surface area contributed by atoms with Crippen LogP contribution in [0, 0.1) is 13.8 Å². The molecular weight excluding hydrogens is 404 g/mol. The van der Waals surface area contributed by atoms with Gasteiger partial charge in [-0.15, -0.1) is 0 Å². The summed E-state index contributed by atoms with van der Waals surface area (Å²) < 4.78 is 10.8. The van der Waals surface area contributed by atoms with Gasteiger partial charge in [0.05, 0.1) is 40.7 Å². The van der Waals surface area contributed by atoms with Crippen LogP contribution in [0.5, 0.6) is 11.5 Å². The number of aliphatic hydroxyl groups is 4. The molecule has 1 aliphatic heterocycles. The van der Waals surface area contributed by atoms with Gasteiger partial charge in [-0.05, 0) is 38.1 Å². The smallest absolute Gasteiger partial charge is 0.343 e. The van der Waals surface area contributed by atoms with Crippen molar-refractivity contribution in [3.8, 4) is 11.5 Å². The van der Waals surface area contributed by atoms with E-state index in [0.717, 1.165) is 11.1 Å². The lowest BCUT2D eigenvalue weighted by molar-refractivity contribution is -0.00700. The Kier molecular flexibility index (Phi) is 5.22. The van der Waals surface area contributed by atoms with Crippen molar-refractivity contribution < 1.29 is 34.7 Å². The van der Waals surface area contributed by atoms with Gasteiger partial charge in [-0.25, -0.2) is 4.79 Å². The molecule has 3 atom stereocenters.